The molecule has 1 spiro atoms. The van der Waals surface area contributed by atoms with E-state index in [1.165, 1.54) is 0 Å². The number of fused-ring (bicyclic) bond motifs is 1. The summed E-state index contributed by atoms with van der Waals surface area (Å²) in [6.07, 6.45) is 6.23. The summed E-state index contributed by atoms with van der Waals surface area (Å²) in [7, 11) is 0. The summed E-state index contributed by atoms with van der Waals surface area (Å²) in [5.74, 6) is -3.30. The number of nitriles is 1. The van der Waals surface area contributed by atoms with Gasteiger partial charge in [0.1, 0.15) is 0 Å². The Kier molecular flexibility index (Phi) is 5.81. The van der Waals surface area contributed by atoms with E-state index in [9.17, 15) is 10.1 Å². The highest BCUT2D eigenvalue weighted by atomic mass is 19.3. The van der Waals surface area contributed by atoms with Crippen LogP contribution >= 0.6 is 0 Å². The van der Waals surface area contributed by atoms with Crippen molar-refractivity contribution in [2.24, 2.45) is 11.3 Å². The number of hydrogen-bond acceptors (Lipinski definition) is 5. The third-order valence-corrected chi connectivity index (χ3v) is 7.78. The smallest absolute Gasteiger partial charge is 0.252 e. The molecule has 1 aromatic carbocycles. The number of carbonyl (C=O) groups is 1. The number of alkyl halides is 2. The van der Waals surface area contributed by atoms with Crippen molar-refractivity contribution < 1.29 is 13.6 Å². The van der Waals surface area contributed by atoms with Crippen molar-refractivity contribution in [2.45, 2.75) is 70.8 Å². The highest BCUT2D eigenvalue weighted by molar-refractivity contribution is 5.93. The van der Waals surface area contributed by atoms with E-state index in [4.69, 9.17) is 0 Å². The Morgan fingerprint density at radius 2 is 1.94 bits per heavy atom. The van der Waals surface area contributed by atoms with Gasteiger partial charge < -0.3 is 4.57 Å². The Morgan fingerprint density at radius 3 is 2.64 bits per heavy atom. The van der Waals surface area contributed by atoms with Crippen molar-refractivity contribution in [1.29, 1.82) is 5.26 Å². The van der Waals surface area contributed by atoms with Crippen LogP contribution in [-0.2, 0) is 16.8 Å². The lowest BCUT2D eigenvalue weighted by atomic mass is 9.64. The van der Waals surface area contributed by atoms with Crippen LogP contribution in [0.3, 0.4) is 0 Å². The Labute approximate surface area is 209 Å². The molecular formula is C27H30F2N6O. The Hall–Kier alpha value is -3.41. The van der Waals surface area contributed by atoms with Crippen molar-refractivity contribution in [3.05, 3.63) is 48.2 Å². The first kappa shape index (κ1) is 24.3. The number of amides is 1. The Bertz CT molecular complexity index is 1340. The van der Waals surface area contributed by atoms with E-state index in [1.54, 1.807) is 46.4 Å². The lowest BCUT2D eigenvalue weighted by Crippen LogP contribution is -2.52. The third-order valence-electron chi connectivity index (χ3n) is 7.78. The van der Waals surface area contributed by atoms with Gasteiger partial charge in [-0.2, -0.15) is 5.26 Å². The molecule has 0 bridgehead atoms. The first-order chi connectivity index (χ1) is 17.0. The molecule has 1 aliphatic carbocycles. The van der Waals surface area contributed by atoms with Crippen molar-refractivity contribution in [1.82, 2.24) is 19.5 Å². The summed E-state index contributed by atoms with van der Waals surface area (Å²) in [6, 6.07) is 7.21. The first-order valence-corrected chi connectivity index (χ1v) is 12.4. The average Bonchev–Trinajstić information content (AvgIpc) is 3.25. The van der Waals surface area contributed by atoms with Gasteiger partial charge in [-0.05, 0) is 42.9 Å². The van der Waals surface area contributed by atoms with Gasteiger partial charge in [0, 0.05) is 37.3 Å². The van der Waals surface area contributed by atoms with Crippen molar-refractivity contribution >= 4 is 22.8 Å². The van der Waals surface area contributed by atoms with Gasteiger partial charge in [-0.25, -0.2) is 18.7 Å². The number of carbonyl (C=O) groups excluding carboxylic acids is 1. The molecule has 188 valence electrons. The molecule has 2 aromatic heterocycles. The maximum atomic E-state index is 15.2. The molecule has 0 unspecified atom stereocenters. The first-order valence-electron chi connectivity index (χ1n) is 12.4. The van der Waals surface area contributed by atoms with Gasteiger partial charge in [0.2, 0.25) is 5.91 Å². The molecule has 1 saturated heterocycles. The van der Waals surface area contributed by atoms with Crippen LogP contribution in [0.1, 0.15) is 64.1 Å². The fourth-order valence-corrected chi connectivity index (χ4v) is 5.55. The van der Waals surface area contributed by atoms with E-state index < -0.39 is 17.3 Å². The van der Waals surface area contributed by atoms with Gasteiger partial charge >= 0.3 is 0 Å². The third kappa shape index (κ3) is 4.45. The van der Waals surface area contributed by atoms with E-state index in [2.05, 4.69) is 21.0 Å². The van der Waals surface area contributed by atoms with Crippen LogP contribution in [0, 0.1) is 22.7 Å². The van der Waals surface area contributed by atoms with E-state index >= 15 is 8.78 Å². The molecule has 2 aliphatic rings. The van der Waals surface area contributed by atoms with Gasteiger partial charge in [-0.3, -0.25) is 14.7 Å². The number of halogens is 2. The molecule has 1 saturated carbocycles. The molecule has 1 amide bonds. The van der Waals surface area contributed by atoms with Crippen molar-refractivity contribution in [3.63, 3.8) is 0 Å². The van der Waals surface area contributed by atoms with Crippen LogP contribution in [-0.4, -0.2) is 37.9 Å². The van der Waals surface area contributed by atoms with Crippen molar-refractivity contribution in [3.8, 4) is 6.07 Å². The molecule has 3 heterocycles. The fourth-order valence-electron chi connectivity index (χ4n) is 5.55. The molecule has 2 atom stereocenters. The number of imidazole rings is 1. The minimum Gasteiger partial charge on any atom is -0.330 e. The standard InChI is InChI=1S/C27H30F2N6O/c1-25(2,3)22-13-32-23(14-31-22)35-16-26(7-6-24(35)36)8-9-27(28,29)19(11-26)15-34-17-33-20-5-4-18(12-30)10-21(20)34/h4-5,10,13-14,17,19H,6-9,11,15-16H2,1-3H3/t19-,26+/m1/s1. The zero-order valence-corrected chi connectivity index (χ0v) is 20.8. The molecular weight excluding hydrogens is 462 g/mol. The quantitative estimate of drug-likeness (QED) is 0.499. The number of hydrogen-bond donors (Lipinski definition) is 0. The highest BCUT2D eigenvalue weighted by Gasteiger charge is 2.52. The molecule has 7 nitrogen and oxygen atoms in total. The molecule has 1 aliphatic heterocycles. The van der Waals surface area contributed by atoms with Crippen molar-refractivity contribution in [2.75, 3.05) is 11.4 Å². The monoisotopic (exact) mass is 492 g/mol. The predicted octanol–water partition coefficient (Wildman–Crippen LogP) is 5.24. The summed E-state index contributed by atoms with van der Waals surface area (Å²) in [6.45, 7) is 6.61. The summed E-state index contributed by atoms with van der Waals surface area (Å²) >= 11 is 0. The number of benzene rings is 1. The Balaban J connectivity index is 1.40. The van der Waals surface area contributed by atoms with Gasteiger partial charge in [0.15, 0.2) is 5.82 Å². The molecule has 2 fully saturated rings. The second-order valence-electron chi connectivity index (χ2n) is 11.4. The van der Waals surface area contributed by atoms with E-state index in [0.29, 0.717) is 54.6 Å². The van der Waals surface area contributed by atoms with Crippen LogP contribution < -0.4 is 4.90 Å². The maximum Gasteiger partial charge on any atom is 0.252 e. The molecule has 5 rings (SSSR count). The maximum absolute atomic E-state index is 15.2. The zero-order valence-electron chi connectivity index (χ0n) is 20.8. The normalized spacial score (nSPS) is 24.3. The van der Waals surface area contributed by atoms with Crippen LogP contribution in [0.25, 0.3) is 11.0 Å². The molecule has 0 radical (unpaired) electrons. The summed E-state index contributed by atoms with van der Waals surface area (Å²) in [5, 5.41) is 9.25. The van der Waals surface area contributed by atoms with Crippen LogP contribution in [0.5, 0.6) is 0 Å². The molecule has 3 aromatic rings. The molecule has 36 heavy (non-hydrogen) atoms. The van der Waals surface area contributed by atoms with E-state index in [1.807, 2.05) is 20.8 Å². The topological polar surface area (TPSA) is 87.7 Å². The number of rotatable bonds is 3. The van der Waals surface area contributed by atoms with Crippen LogP contribution in [0.15, 0.2) is 36.9 Å². The number of anilines is 1. The average molecular weight is 493 g/mol. The zero-order chi connectivity index (χ0) is 25.7. The number of piperidine rings is 1. The number of nitrogens with zero attached hydrogens (tertiary/aromatic N) is 6. The van der Waals surface area contributed by atoms with E-state index in [0.717, 1.165) is 5.69 Å². The minimum absolute atomic E-state index is 0.0445. The van der Waals surface area contributed by atoms with Gasteiger partial charge in [-0.15, -0.1) is 0 Å². The van der Waals surface area contributed by atoms with Crippen LogP contribution in [0.4, 0.5) is 14.6 Å². The summed E-state index contributed by atoms with van der Waals surface area (Å²) in [4.78, 5) is 27.8. The lowest BCUT2D eigenvalue weighted by Gasteiger charge is -2.49. The van der Waals surface area contributed by atoms with Gasteiger partial charge in [0.05, 0.1) is 47.1 Å². The molecule has 9 heteroatoms. The fraction of sp³-hybridized carbons (Fsp3) is 0.519. The van der Waals surface area contributed by atoms with Gasteiger partial charge in [0.25, 0.3) is 5.92 Å². The molecule has 0 N–H and O–H groups in total. The second-order valence-corrected chi connectivity index (χ2v) is 11.4. The minimum atomic E-state index is -2.82. The van der Waals surface area contributed by atoms with Gasteiger partial charge in [-0.1, -0.05) is 20.8 Å². The van der Waals surface area contributed by atoms with E-state index in [-0.39, 0.29) is 24.3 Å². The second kappa shape index (κ2) is 8.61. The summed E-state index contributed by atoms with van der Waals surface area (Å²) < 4.78 is 32.1. The highest BCUT2D eigenvalue weighted by Crippen LogP contribution is 2.52. The lowest BCUT2D eigenvalue weighted by molar-refractivity contribution is -0.134. The Morgan fingerprint density at radius 1 is 1.14 bits per heavy atom. The number of aromatic nitrogens is 4. The summed E-state index contributed by atoms with van der Waals surface area (Å²) in [5.41, 5.74) is 2.09. The predicted molar refractivity (Wildman–Crippen MR) is 131 cm³/mol. The SMILES string of the molecule is CC(C)(C)c1cnc(N2C[C@@]3(CCC2=O)CCC(F)(F)[C@@H](Cn2cnc4ccc(C#N)cc42)C3)cn1. The largest absolute Gasteiger partial charge is 0.330 e. The van der Waals surface area contributed by atoms with Crippen LogP contribution in [0.2, 0.25) is 0 Å².